The van der Waals surface area contributed by atoms with Gasteiger partial charge in [0.1, 0.15) is 5.58 Å². The van der Waals surface area contributed by atoms with Crippen molar-refractivity contribution in [1.82, 2.24) is 9.55 Å². The first kappa shape index (κ1) is 32.3. The second kappa shape index (κ2) is 12.5. The second-order valence-electron chi connectivity index (χ2n) is 15.3. The van der Waals surface area contributed by atoms with Gasteiger partial charge in [0.25, 0.3) is 0 Å². The van der Waals surface area contributed by atoms with Crippen LogP contribution in [0.5, 0.6) is 0 Å². The summed E-state index contributed by atoms with van der Waals surface area (Å²) in [5, 5.41) is 2.21. The number of fused-ring (bicyclic) bond motifs is 4. The first-order valence-corrected chi connectivity index (χ1v) is 25.2. The van der Waals surface area contributed by atoms with Crippen molar-refractivity contribution in [2.45, 2.75) is 56.8 Å². The monoisotopic (exact) mass is 714 g/mol. The van der Waals surface area contributed by atoms with Gasteiger partial charge in [-0.3, -0.25) is 0 Å². The Morgan fingerprint density at radius 3 is 1.90 bits per heavy atom. The molecule has 50 heavy (non-hydrogen) atoms. The normalized spacial score (nSPS) is 12.3. The van der Waals surface area contributed by atoms with Crippen LogP contribution in [0.2, 0.25) is 17.3 Å². The molecular weight excluding hydrogens is 669 g/mol. The molecule has 0 aliphatic carbocycles. The number of nitrogens with zero attached hydrogens (tertiary/aromatic N) is 2. The van der Waals surface area contributed by atoms with E-state index in [-0.39, 0.29) is 0 Å². The van der Waals surface area contributed by atoms with Crippen LogP contribution in [0.4, 0.5) is 0 Å². The zero-order chi connectivity index (χ0) is 34.7. The zero-order valence-electron chi connectivity index (χ0n) is 30.1. The molecular formula is C46H44GeN2O. The number of imidazole rings is 1. The van der Waals surface area contributed by atoms with Crippen LogP contribution in [-0.4, -0.2) is 22.8 Å². The summed E-state index contributed by atoms with van der Waals surface area (Å²) in [5.74, 6) is 8.85. The van der Waals surface area contributed by atoms with Gasteiger partial charge in [-0.1, -0.05) is 54.6 Å². The molecule has 0 aliphatic rings. The molecule has 0 N–H and O–H groups in total. The third kappa shape index (κ3) is 5.58. The Bertz CT molecular complexity index is 2480. The summed E-state index contributed by atoms with van der Waals surface area (Å²) < 4.78 is 10.7. The van der Waals surface area contributed by atoms with Crippen LogP contribution >= 0.6 is 0 Å². The Morgan fingerprint density at radius 1 is 0.580 bits per heavy atom. The fraction of sp³-hybridized carbons (Fsp3) is 0.196. The molecule has 0 unspecified atom stereocenters. The molecule has 0 radical (unpaired) electrons. The van der Waals surface area contributed by atoms with Crippen LogP contribution in [-0.2, 0) is 0 Å². The van der Waals surface area contributed by atoms with E-state index in [9.17, 15) is 0 Å². The van der Waals surface area contributed by atoms with Gasteiger partial charge in [0.15, 0.2) is 0 Å². The van der Waals surface area contributed by atoms with Crippen molar-refractivity contribution in [3.05, 3.63) is 139 Å². The molecule has 0 saturated carbocycles. The summed E-state index contributed by atoms with van der Waals surface area (Å²) in [7, 11) is 0. The van der Waals surface area contributed by atoms with Crippen LogP contribution in [0.25, 0.3) is 72.3 Å². The molecule has 0 bridgehead atoms. The van der Waals surface area contributed by atoms with Gasteiger partial charge in [-0.15, -0.1) is 0 Å². The number of aromatic nitrogens is 2. The number of rotatable bonds is 7. The van der Waals surface area contributed by atoms with Crippen LogP contribution in [0, 0.1) is 0 Å². The molecule has 0 aliphatic heterocycles. The summed E-state index contributed by atoms with van der Waals surface area (Å²) in [5.41, 5.74) is 13.5. The van der Waals surface area contributed by atoms with Crippen molar-refractivity contribution in [2.24, 2.45) is 0 Å². The summed E-state index contributed by atoms with van der Waals surface area (Å²) in [6.07, 6.45) is 0. The number of para-hydroxylation sites is 3. The fourth-order valence-electron chi connectivity index (χ4n) is 7.37. The van der Waals surface area contributed by atoms with Gasteiger partial charge in [-0.05, 0) is 23.3 Å². The SMILES string of the molecule is CC(C)c1cc(-c2cc[c]([Ge]([CH3])([CH3])[CH3])cc2)cc(C(C)C)c1-n1c(-c2cccc3c2oc2cc(-c4ccccc4)ccc23)nc2ccccc21. The average molecular weight is 713 g/mol. The molecule has 0 atom stereocenters. The topological polar surface area (TPSA) is 31.0 Å². The van der Waals surface area contributed by atoms with Gasteiger partial charge in [0, 0.05) is 10.8 Å². The molecule has 248 valence electrons. The third-order valence-corrected chi connectivity index (χ3v) is 14.5. The molecule has 0 amide bonds. The Labute approximate surface area is 298 Å². The Balaban J connectivity index is 1.37. The minimum absolute atomic E-state index is 0.290. The maximum absolute atomic E-state index is 6.80. The first-order chi connectivity index (χ1) is 24.1. The van der Waals surface area contributed by atoms with Gasteiger partial charge >= 0.3 is 201 Å². The maximum atomic E-state index is 6.80. The summed E-state index contributed by atoms with van der Waals surface area (Å²) >= 11 is -1.92. The summed E-state index contributed by atoms with van der Waals surface area (Å²) in [4.78, 5) is 5.37. The molecule has 2 aromatic heterocycles. The molecule has 0 fully saturated rings. The Kier molecular flexibility index (Phi) is 8.07. The number of furan rings is 1. The van der Waals surface area contributed by atoms with E-state index in [0.717, 1.165) is 49.9 Å². The number of benzene rings is 6. The van der Waals surface area contributed by atoms with Crippen molar-refractivity contribution < 1.29 is 4.42 Å². The standard InChI is InChI=1S/C46H44GeN2O/c1-29(2)39-26-34(32-20-23-35(24-21-32)47(5,6)7)27-40(30(3)4)44(39)49-42-19-12-11-18-41(42)48-46(49)38-17-13-16-37-36-25-22-33(28-43(36)50-45(37)38)31-14-9-8-10-15-31/h8-30H,1-7H3. The van der Waals surface area contributed by atoms with E-state index in [2.05, 4.69) is 177 Å². The molecule has 8 aromatic rings. The molecule has 3 nitrogen and oxygen atoms in total. The Morgan fingerprint density at radius 2 is 1.22 bits per heavy atom. The van der Waals surface area contributed by atoms with Gasteiger partial charge in [0.2, 0.25) is 0 Å². The quantitative estimate of drug-likeness (QED) is 0.154. The number of hydrogen-bond donors (Lipinski definition) is 0. The Hall–Kier alpha value is -4.87. The molecule has 0 spiro atoms. The van der Waals surface area contributed by atoms with E-state index in [4.69, 9.17) is 9.40 Å². The zero-order valence-corrected chi connectivity index (χ0v) is 32.2. The van der Waals surface area contributed by atoms with E-state index in [1.165, 1.54) is 37.9 Å². The molecule has 2 heterocycles. The van der Waals surface area contributed by atoms with Gasteiger partial charge in [0.05, 0.1) is 0 Å². The van der Waals surface area contributed by atoms with Crippen molar-refractivity contribution in [3.63, 3.8) is 0 Å². The van der Waals surface area contributed by atoms with Crippen LogP contribution in [0.1, 0.15) is 50.7 Å². The summed E-state index contributed by atoms with van der Waals surface area (Å²) in [6.45, 7) is 9.25. The van der Waals surface area contributed by atoms with Crippen molar-refractivity contribution >= 4 is 50.6 Å². The fourth-order valence-corrected chi connectivity index (χ4v) is 9.81. The van der Waals surface area contributed by atoms with E-state index in [1.54, 1.807) is 0 Å². The second-order valence-corrected chi connectivity index (χ2v) is 25.9. The van der Waals surface area contributed by atoms with Gasteiger partial charge < -0.3 is 4.42 Å². The molecule has 8 rings (SSSR count). The molecule has 6 aromatic carbocycles. The van der Waals surface area contributed by atoms with Crippen LogP contribution in [0.3, 0.4) is 0 Å². The van der Waals surface area contributed by atoms with E-state index < -0.39 is 13.3 Å². The van der Waals surface area contributed by atoms with Crippen molar-refractivity contribution in [2.75, 3.05) is 0 Å². The first-order valence-electron chi connectivity index (χ1n) is 17.9. The molecule has 4 heteroatoms. The van der Waals surface area contributed by atoms with Crippen LogP contribution in [0.15, 0.2) is 132 Å². The van der Waals surface area contributed by atoms with Gasteiger partial charge in [-0.25, -0.2) is 0 Å². The van der Waals surface area contributed by atoms with E-state index in [0.29, 0.717) is 11.8 Å². The minimum atomic E-state index is -1.92. The van der Waals surface area contributed by atoms with E-state index in [1.807, 2.05) is 0 Å². The predicted octanol–water partition coefficient (Wildman–Crippen LogP) is 12.7. The van der Waals surface area contributed by atoms with Crippen LogP contribution < -0.4 is 4.40 Å². The number of hydrogen-bond acceptors (Lipinski definition) is 2. The molecule has 0 saturated heterocycles. The summed E-state index contributed by atoms with van der Waals surface area (Å²) in [6, 6.07) is 46.3. The van der Waals surface area contributed by atoms with E-state index >= 15 is 0 Å². The van der Waals surface area contributed by atoms with Gasteiger partial charge in [-0.2, -0.15) is 0 Å². The third-order valence-electron chi connectivity index (χ3n) is 10.1. The van der Waals surface area contributed by atoms with Crippen molar-refractivity contribution in [3.8, 4) is 39.3 Å². The predicted molar refractivity (Wildman–Crippen MR) is 216 cm³/mol. The average Bonchev–Trinajstić information content (AvgIpc) is 3.69. The van der Waals surface area contributed by atoms with Crippen molar-refractivity contribution in [1.29, 1.82) is 0 Å².